The van der Waals surface area contributed by atoms with Gasteiger partial charge in [-0.25, -0.2) is 0 Å². The second-order valence-corrected chi connectivity index (χ2v) is 5.40. The van der Waals surface area contributed by atoms with Gasteiger partial charge < -0.3 is 10.6 Å². The van der Waals surface area contributed by atoms with Crippen LogP contribution in [-0.2, 0) is 15.3 Å². The van der Waals surface area contributed by atoms with Crippen LogP contribution in [0.1, 0.15) is 24.8 Å². The van der Waals surface area contributed by atoms with E-state index in [1.807, 2.05) is 29.2 Å². The largest absolute Gasteiger partial charge is 0.325 e. The summed E-state index contributed by atoms with van der Waals surface area (Å²) < 4.78 is 0. The first-order valence-corrected chi connectivity index (χ1v) is 6.73. The molecule has 3 aliphatic heterocycles. The summed E-state index contributed by atoms with van der Waals surface area (Å²) >= 11 is 0. The minimum Gasteiger partial charge on any atom is -0.325 e. The quantitative estimate of drug-likeness (QED) is 0.722. The fraction of sp³-hybridized carbons (Fsp3) is 0.429. The molecule has 0 aromatic heterocycles. The zero-order valence-electron chi connectivity index (χ0n) is 10.5. The summed E-state index contributed by atoms with van der Waals surface area (Å²) in [6.07, 6.45) is 2.92. The van der Waals surface area contributed by atoms with E-state index in [-0.39, 0.29) is 17.9 Å². The van der Waals surface area contributed by atoms with E-state index in [2.05, 4.69) is 10.6 Å². The van der Waals surface area contributed by atoms with Crippen molar-refractivity contribution < 1.29 is 9.59 Å². The van der Waals surface area contributed by atoms with Gasteiger partial charge in [0.05, 0.1) is 6.04 Å². The lowest BCUT2D eigenvalue weighted by molar-refractivity contribution is -0.129. The molecule has 3 heterocycles. The lowest BCUT2D eigenvalue weighted by Gasteiger charge is -2.37. The van der Waals surface area contributed by atoms with Crippen LogP contribution in [0.3, 0.4) is 0 Å². The molecule has 98 valence electrons. The second-order valence-electron chi connectivity index (χ2n) is 5.40. The average Bonchev–Trinajstić information content (AvgIpc) is 2.89. The minimum atomic E-state index is -0.973. The highest BCUT2D eigenvalue weighted by Crippen LogP contribution is 2.44. The normalized spacial score (nSPS) is 32.9. The van der Waals surface area contributed by atoms with E-state index >= 15 is 0 Å². The number of para-hydroxylation sites is 1. The summed E-state index contributed by atoms with van der Waals surface area (Å²) in [6, 6.07) is 7.44. The fourth-order valence-corrected chi connectivity index (χ4v) is 3.59. The molecule has 1 aromatic carbocycles. The summed E-state index contributed by atoms with van der Waals surface area (Å²) in [4.78, 5) is 26.7. The maximum Gasteiger partial charge on any atom is 0.270 e. The first-order chi connectivity index (χ1) is 9.23. The molecule has 0 aliphatic carbocycles. The van der Waals surface area contributed by atoms with Gasteiger partial charge in [-0.1, -0.05) is 24.6 Å². The summed E-state index contributed by atoms with van der Waals surface area (Å²) in [5.74, 6) is -0.155. The van der Waals surface area contributed by atoms with E-state index in [0.717, 1.165) is 37.1 Å². The summed E-state index contributed by atoms with van der Waals surface area (Å²) in [5, 5.41) is 5.84. The molecule has 2 fully saturated rings. The van der Waals surface area contributed by atoms with Gasteiger partial charge in [-0.2, -0.15) is 0 Å². The van der Waals surface area contributed by atoms with Crippen LogP contribution in [0.2, 0.25) is 0 Å². The zero-order chi connectivity index (χ0) is 13.0. The highest BCUT2D eigenvalue weighted by atomic mass is 16.2. The lowest BCUT2D eigenvalue weighted by Crippen LogP contribution is -2.56. The van der Waals surface area contributed by atoms with Gasteiger partial charge in [-0.05, 0) is 18.9 Å². The lowest BCUT2D eigenvalue weighted by atomic mass is 9.96. The van der Waals surface area contributed by atoms with Crippen molar-refractivity contribution in [3.63, 3.8) is 0 Å². The molecule has 2 saturated heterocycles. The van der Waals surface area contributed by atoms with Crippen molar-refractivity contribution in [1.82, 2.24) is 10.2 Å². The van der Waals surface area contributed by atoms with Crippen LogP contribution in [0.25, 0.3) is 0 Å². The number of piperidine rings is 1. The molecule has 0 radical (unpaired) electrons. The van der Waals surface area contributed by atoms with E-state index < -0.39 is 5.66 Å². The zero-order valence-corrected chi connectivity index (χ0v) is 10.5. The molecule has 5 nitrogen and oxygen atoms in total. The van der Waals surface area contributed by atoms with Crippen molar-refractivity contribution in [3.05, 3.63) is 29.8 Å². The molecular formula is C14H15N3O2. The van der Waals surface area contributed by atoms with Crippen molar-refractivity contribution in [2.75, 3.05) is 11.9 Å². The van der Waals surface area contributed by atoms with Gasteiger partial charge in [0, 0.05) is 17.8 Å². The Kier molecular flexibility index (Phi) is 2.07. The summed E-state index contributed by atoms with van der Waals surface area (Å²) in [7, 11) is 0. The minimum absolute atomic E-state index is 0.0217. The molecule has 2 N–H and O–H groups in total. The maximum absolute atomic E-state index is 12.5. The number of nitrogens with one attached hydrogen (secondary N) is 2. The molecule has 0 bridgehead atoms. The summed E-state index contributed by atoms with van der Waals surface area (Å²) in [6.45, 7) is 0.783. The van der Waals surface area contributed by atoms with E-state index in [0.29, 0.717) is 0 Å². The first-order valence-electron chi connectivity index (χ1n) is 6.73. The van der Waals surface area contributed by atoms with E-state index in [9.17, 15) is 9.59 Å². The number of carbonyl (C=O) groups excluding carboxylic acids is 2. The molecular weight excluding hydrogens is 242 g/mol. The number of amides is 2. The first kappa shape index (κ1) is 11.0. The Hall–Kier alpha value is -1.88. The predicted octanol–water partition coefficient (Wildman–Crippen LogP) is 0.776. The molecule has 5 heteroatoms. The van der Waals surface area contributed by atoms with Gasteiger partial charge in [0.15, 0.2) is 0 Å². The highest BCUT2D eigenvalue weighted by molar-refractivity contribution is 6.09. The third-order valence-electron chi connectivity index (χ3n) is 4.43. The molecule has 2 unspecified atom stereocenters. The number of rotatable bonds is 0. The average molecular weight is 257 g/mol. The van der Waals surface area contributed by atoms with E-state index in [4.69, 9.17) is 0 Å². The molecule has 1 aromatic rings. The fourth-order valence-electron chi connectivity index (χ4n) is 3.59. The second kappa shape index (κ2) is 3.57. The van der Waals surface area contributed by atoms with E-state index in [1.54, 1.807) is 0 Å². The van der Waals surface area contributed by atoms with Gasteiger partial charge in [0.2, 0.25) is 11.6 Å². The van der Waals surface area contributed by atoms with Crippen LogP contribution in [-0.4, -0.2) is 29.3 Å². The smallest absolute Gasteiger partial charge is 0.270 e. The molecule has 19 heavy (non-hydrogen) atoms. The van der Waals surface area contributed by atoms with Crippen molar-refractivity contribution in [2.24, 2.45) is 0 Å². The third-order valence-corrected chi connectivity index (χ3v) is 4.43. The molecule has 0 saturated carbocycles. The Morgan fingerprint density at radius 2 is 2.05 bits per heavy atom. The van der Waals surface area contributed by atoms with Gasteiger partial charge in [0.25, 0.3) is 5.91 Å². The van der Waals surface area contributed by atoms with Gasteiger partial charge in [-0.3, -0.25) is 14.5 Å². The van der Waals surface area contributed by atoms with Crippen LogP contribution in [0, 0.1) is 0 Å². The van der Waals surface area contributed by atoms with Crippen molar-refractivity contribution in [3.8, 4) is 0 Å². The topological polar surface area (TPSA) is 61.4 Å². The predicted molar refractivity (Wildman–Crippen MR) is 69.2 cm³/mol. The number of fused-ring (bicyclic) bond motifs is 4. The molecule has 1 spiro atoms. The molecule has 3 aliphatic rings. The van der Waals surface area contributed by atoms with Gasteiger partial charge in [-0.15, -0.1) is 0 Å². The number of hydrogen-bond acceptors (Lipinski definition) is 3. The van der Waals surface area contributed by atoms with Crippen LogP contribution < -0.4 is 10.6 Å². The SMILES string of the molecule is O=C1NC2(C(=O)Nc3ccccc32)N2CCCCC12. The molecule has 4 rings (SSSR count). The van der Waals surface area contributed by atoms with Crippen LogP contribution >= 0.6 is 0 Å². The van der Waals surface area contributed by atoms with Crippen LogP contribution in [0.5, 0.6) is 0 Å². The van der Waals surface area contributed by atoms with Gasteiger partial charge >= 0.3 is 0 Å². The number of carbonyl (C=O) groups is 2. The van der Waals surface area contributed by atoms with Crippen LogP contribution in [0.15, 0.2) is 24.3 Å². The molecule has 2 amide bonds. The van der Waals surface area contributed by atoms with Crippen molar-refractivity contribution in [2.45, 2.75) is 31.0 Å². The number of nitrogens with zero attached hydrogens (tertiary/aromatic N) is 1. The monoisotopic (exact) mass is 257 g/mol. The van der Waals surface area contributed by atoms with Crippen molar-refractivity contribution in [1.29, 1.82) is 0 Å². The standard InChI is InChI=1S/C14H15N3O2/c18-12-11-7-3-4-8-17(11)14(16-12)9-5-1-2-6-10(9)15-13(14)19/h1-2,5-6,11H,3-4,7-8H2,(H,15,19)(H,16,18). The highest BCUT2D eigenvalue weighted by Gasteiger charge is 2.60. The number of anilines is 1. The molecule has 2 atom stereocenters. The Morgan fingerprint density at radius 1 is 1.21 bits per heavy atom. The Balaban J connectivity index is 1.90. The Bertz CT molecular complexity index is 586. The number of hydrogen-bond donors (Lipinski definition) is 2. The van der Waals surface area contributed by atoms with Crippen LogP contribution in [0.4, 0.5) is 5.69 Å². The maximum atomic E-state index is 12.5. The van der Waals surface area contributed by atoms with Gasteiger partial charge in [0.1, 0.15) is 0 Å². The Morgan fingerprint density at radius 3 is 2.95 bits per heavy atom. The number of benzene rings is 1. The Labute approximate surface area is 111 Å². The van der Waals surface area contributed by atoms with E-state index in [1.165, 1.54) is 0 Å². The summed E-state index contributed by atoms with van der Waals surface area (Å²) in [5.41, 5.74) is 0.704. The van der Waals surface area contributed by atoms with Crippen molar-refractivity contribution >= 4 is 17.5 Å². The third kappa shape index (κ3) is 1.23.